The van der Waals surface area contributed by atoms with Crippen LogP contribution in [-0.4, -0.2) is 38.5 Å². The number of carbonyl (C=O) groups is 3. The highest BCUT2D eigenvalue weighted by Gasteiger charge is 2.06. The lowest BCUT2D eigenvalue weighted by molar-refractivity contribution is -0.141. The summed E-state index contributed by atoms with van der Waals surface area (Å²) in [6.45, 7) is 2.23. The highest BCUT2D eigenvalue weighted by atomic mass is 16.5. The maximum atomic E-state index is 12.1. The van der Waals surface area contributed by atoms with Crippen LogP contribution in [0.3, 0.4) is 0 Å². The molecule has 0 heterocycles. The number of nitrogens with one attached hydrogen (secondary N) is 1. The Bertz CT molecular complexity index is 474. The maximum absolute atomic E-state index is 12.1. The molecule has 1 N–H and O–H groups in total. The lowest BCUT2D eigenvalue weighted by atomic mass is 10.1. The number of esters is 2. The third kappa shape index (κ3) is 16.3. The number of hydrogen-bond acceptors (Lipinski definition) is 6. The van der Waals surface area contributed by atoms with Crippen molar-refractivity contribution in [2.24, 2.45) is 0 Å². The van der Waals surface area contributed by atoms with Crippen molar-refractivity contribution in [1.29, 1.82) is 0 Å². The number of carbonyl (C=O) groups excluding carboxylic acids is 3. The summed E-state index contributed by atoms with van der Waals surface area (Å²) in [6.07, 6.45) is 13.8. The third-order valence-corrected chi connectivity index (χ3v) is 4.60. The lowest BCUT2D eigenvalue weighted by Gasteiger charge is -2.10. The normalized spacial score (nSPS) is 11.2. The Kier molecular flexibility index (Phi) is 17.3. The topological polar surface area (TPSA) is 81.7 Å². The van der Waals surface area contributed by atoms with Crippen LogP contribution >= 0.6 is 0 Å². The van der Waals surface area contributed by atoms with E-state index >= 15 is 0 Å². The molecule has 28 heavy (non-hydrogen) atoms. The van der Waals surface area contributed by atoms with Gasteiger partial charge < -0.3 is 14.8 Å². The molecule has 0 aliphatic carbocycles. The highest BCUT2D eigenvalue weighted by Crippen LogP contribution is 2.12. The van der Waals surface area contributed by atoms with Gasteiger partial charge in [-0.2, -0.15) is 0 Å². The number of methoxy groups -OCH3 is 2. The molecule has 0 aliphatic heterocycles. The molecular weight excluding hydrogens is 358 g/mol. The zero-order chi connectivity index (χ0) is 21.0. The van der Waals surface area contributed by atoms with Gasteiger partial charge in [-0.1, -0.05) is 51.9 Å². The van der Waals surface area contributed by atoms with Crippen molar-refractivity contribution in [2.45, 2.75) is 90.4 Å². The van der Waals surface area contributed by atoms with Crippen LogP contribution < -0.4 is 5.32 Å². The van der Waals surface area contributed by atoms with E-state index in [1.54, 1.807) is 6.08 Å². The summed E-state index contributed by atoms with van der Waals surface area (Å²) in [5.41, 5.74) is 0.816. The number of hydrogen-bond donors (Lipinski definition) is 1. The molecule has 0 bridgehead atoms. The van der Waals surface area contributed by atoms with Crippen molar-refractivity contribution >= 4 is 17.7 Å². The quantitative estimate of drug-likeness (QED) is 0.209. The molecule has 6 nitrogen and oxygen atoms in total. The average molecular weight is 398 g/mol. The van der Waals surface area contributed by atoms with Gasteiger partial charge in [0.15, 0.2) is 5.78 Å². The Balaban J connectivity index is 4.16. The predicted octanol–water partition coefficient (Wildman–Crippen LogP) is 4.47. The Labute approximate surface area is 170 Å². The van der Waals surface area contributed by atoms with Crippen LogP contribution in [0.1, 0.15) is 90.4 Å². The second-order valence-corrected chi connectivity index (χ2v) is 7.07. The van der Waals surface area contributed by atoms with Crippen molar-refractivity contribution in [3.05, 3.63) is 11.8 Å². The summed E-state index contributed by atoms with van der Waals surface area (Å²) in [5, 5.41) is 3.05. The van der Waals surface area contributed by atoms with E-state index in [9.17, 15) is 14.4 Å². The van der Waals surface area contributed by atoms with Crippen molar-refractivity contribution in [2.75, 3.05) is 20.8 Å². The lowest BCUT2D eigenvalue weighted by Crippen LogP contribution is -2.24. The van der Waals surface area contributed by atoms with Gasteiger partial charge in [0.25, 0.3) is 0 Å². The number of ether oxygens (including phenoxy) is 2. The van der Waals surface area contributed by atoms with Gasteiger partial charge in [0.05, 0.1) is 14.2 Å². The first-order chi connectivity index (χ1) is 13.5. The first-order valence-electron chi connectivity index (χ1n) is 10.6. The summed E-state index contributed by atoms with van der Waals surface area (Å²) < 4.78 is 9.28. The van der Waals surface area contributed by atoms with Gasteiger partial charge in [0.1, 0.15) is 6.54 Å². The van der Waals surface area contributed by atoms with E-state index in [4.69, 9.17) is 0 Å². The van der Waals surface area contributed by atoms with Crippen molar-refractivity contribution in [1.82, 2.24) is 5.32 Å². The molecule has 0 radical (unpaired) electrons. The Morgan fingerprint density at radius 1 is 0.714 bits per heavy atom. The van der Waals surface area contributed by atoms with Crippen molar-refractivity contribution < 1.29 is 23.9 Å². The minimum absolute atomic E-state index is 0.0823. The average Bonchev–Trinajstić information content (AvgIpc) is 2.70. The smallest absolute Gasteiger partial charge is 0.325 e. The van der Waals surface area contributed by atoms with E-state index in [1.165, 1.54) is 14.2 Å². The molecule has 0 aromatic heterocycles. The number of unbranched alkanes of at least 4 members (excludes halogenated alkanes) is 8. The SMILES string of the molecule is CCCCCCC(=O)/C=C(/CCCCCCCCC(=O)OC)NCC(=O)OC. The Morgan fingerprint density at radius 2 is 1.25 bits per heavy atom. The molecule has 162 valence electrons. The van der Waals surface area contributed by atoms with E-state index in [0.29, 0.717) is 12.8 Å². The molecule has 6 heteroatoms. The maximum Gasteiger partial charge on any atom is 0.325 e. The van der Waals surface area contributed by atoms with Crippen LogP contribution in [0.2, 0.25) is 0 Å². The molecule has 0 aliphatic rings. The zero-order valence-electron chi connectivity index (χ0n) is 18.0. The molecule has 0 rings (SSSR count). The summed E-state index contributed by atoms with van der Waals surface area (Å²) in [6, 6.07) is 0. The first kappa shape index (κ1) is 26.1. The largest absolute Gasteiger partial charge is 0.469 e. The van der Waals surface area contributed by atoms with Gasteiger partial charge >= 0.3 is 11.9 Å². The standard InChI is InChI=1S/C22H39NO5/c1-4-5-6-12-15-20(24)17-19(23-18-22(26)28-3)14-11-9-7-8-10-13-16-21(25)27-2/h17,23H,4-16,18H2,1-3H3/b19-17-. The van der Waals surface area contributed by atoms with Crippen LogP contribution in [0.15, 0.2) is 11.8 Å². The summed E-state index contributed by atoms with van der Waals surface area (Å²) in [5.74, 6) is -0.371. The predicted molar refractivity (Wildman–Crippen MR) is 111 cm³/mol. The third-order valence-electron chi connectivity index (χ3n) is 4.60. The summed E-state index contributed by atoms with van der Waals surface area (Å²) in [4.78, 5) is 34.6. The van der Waals surface area contributed by atoms with E-state index in [2.05, 4.69) is 21.7 Å². The van der Waals surface area contributed by atoms with Crippen LogP contribution in [0.4, 0.5) is 0 Å². The molecule has 0 spiro atoms. The van der Waals surface area contributed by atoms with Crippen LogP contribution in [0.5, 0.6) is 0 Å². The van der Waals surface area contributed by atoms with Crippen LogP contribution in [0.25, 0.3) is 0 Å². The fourth-order valence-corrected chi connectivity index (χ4v) is 2.86. The Hall–Kier alpha value is -1.85. The molecule has 0 fully saturated rings. The van der Waals surface area contributed by atoms with Crippen molar-refractivity contribution in [3.8, 4) is 0 Å². The van der Waals surface area contributed by atoms with Gasteiger partial charge in [-0.3, -0.25) is 14.4 Å². The molecule has 0 saturated carbocycles. The monoisotopic (exact) mass is 397 g/mol. The van der Waals surface area contributed by atoms with Crippen LogP contribution in [0, 0.1) is 0 Å². The van der Waals surface area contributed by atoms with E-state index in [0.717, 1.165) is 76.3 Å². The van der Waals surface area contributed by atoms with Gasteiger partial charge in [-0.05, 0) is 25.7 Å². The summed E-state index contributed by atoms with van der Waals surface area (Å²) >= 11 is 0. The van der Waals surface area contributed by atoms with Gasteiger partial charge in [-0.15, -0.1) is 0 Å². The Morgan fingerprint density at radius 3 is 1.86 bits per heavy atom. The molecule has 0 saturated heterocycles. The molecule has 0 amide bonds. The number of ketones is 1. The van der Waals surface area contributed by atoms with Crippen molar-refractivity contribution in [3.63, 3.8) is 0 Å². The summed E-state index contributed by atoms with van der Waals surface area (Å²) in [7, 11) is 2.77. The van der Waals surface area contributed by atoms with E-state index < -0.39 is 0 Å². The second-order valence-electron chi connectivity index (χ2n) is 7.07. The minimum atomic E-state index is -0.341. The molecule has 0 aromatic carbocycles. The fraction of sp³-hybridized carbons (Fsp3) is 0.773. The van der Waals surface area contributed by atoms with E-state index in [1.807, 2.05) is 0 Å². The molecule has 0 unspecified atom stereocenters. The second kappa shape index (κ2) is 18.5. The minimum Gasteiger partial charge on any atom is -0.469 e. The van der Waals surface area contributed by atoms with E-state index in [-0.39, 0.29) is 24.3 Å². The number of rotatable bonds is 18. The first-order valence-corrected chi connectivity index (χ1v) is 10.6. The van der Waals surface area contributed by atoms with Gasteiger partial charge in [0, 0.05) is 24.6 Å². The molecular formula is C22H39NO5. The van der Waals surface area contributed by atoms with Crippen LogP contribution in [-0.2, 0) is 23.9 Å². The van der Waals surface area contributed by atoms with Gasteiger partial charge in [-0.25, -0.2) is 0 Å². The highest BCUT2D eigenvalue weighted by molar-refractivity contribution is 5.90. The zero-order valence-corrected chi connectivity index (χ0v) is 18.0. The number of allylic oxidation sites excluding steroid dienone is 2. The fourth-order valence-electron chi connectivity index (χ4n) is 2.86. The molecule has 0 atom stereocenters. The molecule has 0 aromatic rings. The van der Waals surface area contributed by atoms with Gasteiger partial charge in [0.2, 0.25) is 0 Å².